The molecule has 0 aliphatic heterocycles. The highest BCUT2D eigenvalue weighted by Crippen LogP contribution is 2.37. The van der Waals surface area contributed by atoms with Crippen molar-refractivity contribution in [1.82, 2.24) is 14.9 Å². The number of aromatic nitrogens is 2. The summed E-state index contributed by atoms with van der Waals surface area (Å²) in [6, 6.07) is 9.38. The SMILES string of the molecule is CCc1cc(Cl)nc(-c2cccc(OC[C@@H](CN(C)C(=O)OC(C)(C)C)O[Si](C)(C)C(C)(C)C)c2)n1. The van der Waals surface area contributed by atoms with Gasteiger partial charge in [0.15, 0.2) is 14.1 Å². The zero-order valence-corrected chi connectivity index (χ0v) is 25.2. The van der Waals surface area contributed by atoms with E-state index in [1.54, 1.807) is 18.0 Å². The minimum absolute atomic E-state index is 0.0105. The van der Waals surface area contributed by atoms with Gasteiger partial charge >= 0.3 is 6.09 Å². The van der Waals surface area contributed by atoms with E-state index < -0.39 is 20.0 Å². The summed E-state index contributed by atoms with van der Waals surface area (Å²) in [6.07, 6.45) is 0.0441. The van der Waals surface area contributed by atoms with E-state index in [0.29, 0.717) is 23.3 Å². The van der Waals surface area contributed by atoms with Crippen LogP contribution in [0.5, 0.6) is 5.75 Å². The topological polar surface area (TPSA) is 73.8 Å². The molecular weight excluding hydrogens is 494 g/mol. The number of ether oxygens (including phenoxy) is 2. The Labute approximate surface area is 222 Å². The number of carbonyl (C=O) groups excluding carboxylic acids is 1. The van der Waals surface area contributed by atoms with Gasteiger partial charge in [0.2, 0.25) is 0 Å². The van der Waals surface area contributed by atoms with Crippen LogP contribution in [-0.4, -0.2) is 61.2 Å². The summed E-state index contributed by atoms with van der Waals surface area (Å²) in [5.41, 5.74) is 1.12. The monoisotopic (exact) mass is 535 g/mol. The number of hydrogen-bond acceptors (Lipinski definition) is 6. The molecule has 7 nitrogen and oxygen atoms in total. The van der Waals surface area contributed by atoms with Crippen LogP contribution < -0.4 is 4.74 Å². The Morgan fingerprint density at radius 2 is 1.78 bits per heavy atom. The quantitative estimate of drug-likeness (QED) is 0.254. The second kappa shape index (κ2) is 11.9. The third-order valence-electron chi connectivity index (χ3n) is 6.09. The second-order valence-electron chi connectivity index (χ2n) is 11.6. The Morgan fingerprint density at radius 1 is 1.11 bits per heavy atom. The van der Waals surface area contributed by atoms with Crippen LogP contribution in [0.3, 0.4) is 0 Å². The number of halogens is 1. The van der Waals surface area contributed by atoms with Gasteiger partial charge in [0.25, 0.3) is 0 Å². The first-order valence-electron chi connectivity index (χ1n) is 12.4. The standard InChI is InChI=1S/C27H42ClN3O4Si/c1-11-20-16-23(28)30-24(29-20)19-13-12-14-21(15-19)33-18-22(35-36(9,10)27(5,6)7)17-31(8)25(32)34-26(2,3)4/h12-16,22H,11,17-18H2,1-10H3/t22-/m1/s1. The molecule has 0 fully saturated rings. The number of carbonyl (C=O) groups is 1. The highest BCUT2D eigenvalue weighted by molar-refractivity contribution is 6.74. The summed E-state index contributed by atoms with van der Waals surface area (Å²) in [5, 5.41) is 0.424. The number of likely N-dealkylation sites (N-methyl/N-ethyl adjacent to an activating group) is 1. The highest BCUT2D eigenvalue weighted by atomic mass is 35.5. The van der Waals surface area contributed by atoms with Gasteiger partial charge in [-0.05, 0) is 63.5 Å². The van der Waals surface area contributed by atoms with Crippen molar-refractivity contribution in [3.05, 3.63) is 41.2 Å². The summed E-state index contributed by atoms with van der Waals surface area (Å²) in [5.74, 6) is 1.22. The Balaban J connectivity index is 2.22. The molecule has 1 aromatic carbocycles. The van der Waals surface area contributed by atoms with Crippen molar-refractivity contribution in [1.29, 1.82) is 0 Å². The fourth-order valence-corrected chi connectivity index (χ4v) is 4.66. The zero-order chi connectivity index (χ0) is 27.3. The zero-order valence-electron chi connectivity index (χ0n) is 23.4. The first-order chi connectivity index (χ1) is 16.5. The average Bonchev–Trinajstić information content (AvgIpc) is 2.75. The third-order valence-corrected chi connectivity index (χ3v) is 10.8. The lowest BCUT2D eigenvalue weighted by Crippen LogP contribution is -2.49. The number of nitrogens with zero attached hydrogens (tertiary/aromatic N) is 3. The summed E-state index contributed by atoms with van der Waals surface area (Å²) >= 11 is 6.20. The number of rotatable bonds is 9. The van der Waals surface area contributed by atoms with Crippen molar-refractivity contribution < 1.29 is 18.7 Å². The van der Waals surface area contributed by atoms with E-state index in [0.717, 1.165) is 17.7 Å². The lowest BCUT2D eigenvalue weighted by molar-refractivity contribution is 0.0172. The largest absolute Gasteiger partial charge is 0.491 e. The van der Waals surface area contributed by atoms with Crippen molar-refractivity contribution >= 4 is 26.0 Å². The van der Waals surface area contributed by atoms with Crippen LogP contribution in [0.1, 0.15) is 54.2 Å². The first kappa shape index (κ1) is 30.1. The van der Waals surface area contributed by atoms with Gasteiger partial charge in [-0.1, -0.05) is 51.4 Å². The summed E-state index contributed by atoms with van der Waals surface area (Å²) in [6.45, 7) is 19.2. The minimum Gasteiger partial charge on any atom is -0.491 e. The smallest absolute Gasteiger partial charge is 0.410 e. The molecule has 0 unspecified atom stereocenters. The van der Waals surface area contributed by atoms with E-state index in [2.05, 4.69) is 43.8 Å². The van der Waals surface area contributed by atoms with E-state index in [4.69, 9.17) is 25.5 Å². The lowest BCUT2D eigenvalue weighted by atomic mass is 10.2. The predicted molar refractivity (Wildman–Crippen MR) is 148 cm³/mol. The van der Waals surface area contributed by atoms with Crippen LogP contribution in [-0.2, 0) is 15.6 Å². The lowest BCUT2D eigenvalue weighted by Gasteiger charge is -2.40. The molecule has 0 saturated heterocycles. The second-order valence-corrected chi connectivity index (χ2v) is 16.7. The van der Waals surface area contributed by atoms with Gasteiger partial charge in [-0.15, -0.1) is 0 Å². The van der Waals surface area contributed by atoms with Crippen LogP contribution in [0.15, 0.2) is 30.3 Å². The maximum absolute atomic E-state index is 12.6. The van der Waals surface area contributed by atoms with Gasteiger partial charge < -0.3 is 18.8 Å². The van der Waals surface area contributed by atoms with E-state index in [1.807, 2.05) is 52.0 Å². The van der Waals surface area contributed by atoms with Crippen LogP contribution >= 0.6 is 11.6 Å². The van der Waals surface area contributed by atoms with Gasteiger partial charge in [0.1, 0.15) is 23.1 Å². The Bertz CT molecular complexity index is 1030. The maximum atomic E-state index is 12.6. The molecule has 1 aromatic heterocycles. The number of benzene rings is 1. The summed E-state index contributed by atoms with van der Waals surface area (Å²) < 4.78 is 18.4. The van der Waals surface area contributed by atoms with E-state index in [-0.39, 0.29) is 17.7 Å². The van der Waals surface area contributed by atoms with E-state index in [9.17, 15) is 4.79 Å². The molecule has 0 saturated carbocycles. The normalized spacial score (nSPS) is 13.3. The van der Waals surface area contributed by atoms with Crippen molar-refractivity contribution in [2.24, 2.45) is 0 Å². The molecule has 2 aromatic rings. The van der Waals surface area contributed by atoms with E-state index >= 15 is 0 Å². The van der Waals surface area contributed by atoms with Gasteiger partial charge in [-0.25, -0.2) is 14.8 Å². The van der Waals surface area contributed by atoms with Crippen LogP contribution in [0, 0.1) is 0 Å². The molecule has 9 heteroatoms. The van der Waals surface area contributed by atoms with E-state index in [1.165, 1.54) is 0 Å². The summed E-state index contributed by atoms with van der Waals surface area (Å²) in [7, 11) is -0.408. The first-order valence-corrected chi connectivity index (χ1v) is 15.7. The van der Waals surface area contributed by atoms with Crippen LogP contribution in [0.4, 0.5) is 4.79 Å². The van der Waals surface area contributed by atoms with Gasteiger partial charge in [0.05, 0.1) is 12.6 Å². The van der Waals surface area contributed by atoms with Crippen molar-refractivity contribution in [2.75, 3.05) is 20.2 Å². The van der Waals surface area contributed by atoms with Gasteiger partial charge in [-0.3, -0.25) is 0 Å². The van der Waals surface area contributed by atoms with Gasteiger partial charge in [0, 0.05) is 18.3 Å². The van der Waals surface area contributed by atoms with Crippen LogP contribution in [0.25, 0.3) is 11.4 Å². The molecule has 1 atom stereocenters. The molecule has 1 heterocycles. The molecule has 0 aliphatic carbocycles. The number of hydrogen-bond donors (Lipinski definition) is 0. The molecule has 0 N–H and O–H groups in total. The molecule has 200 valence electrons. The van der Waals surface area contributed by atoms with Crippen molar-refractivity contribution in [2.45, 2.75) is 84.7 Å². The minimum atomic E-state index is -2.13. The number of amides is 1. The molecule has 0 aliphatic rings. The van der Waals surface area contributed by atoms with Crippen LogP contribution in [0.2, 0.25) is 23.3 Å². The molecule has 2 rings (SSSR count). The molecule has 0 spiro atoms. The fourth-order valence-electron chi connectivity index (χ4n) is 3.13. The Kier molecular flexibility index (Phi) is 9.96. The van der Waals surface area contributed by atoms with Crippen molar-refractivity contribution in [3.63, 3.8) is 0 Å². The van der Waals surface area contributed by atoms with Gasteiger partial charge in [-0.2, -0.15) is 0 Å². The predicted octanol–water partition coefficient (Wildman–Crippen LogP) is 7.00. The summed E-state index contributed by atoms with van der Waals surface area (Å²) in [4.78, 5) is 23.1. The average molecular weight is 536 g/mol. The third kappa shape index (κ3) is 9.05. The molecule has 0 radical (unpaired) electrons. The fraction of sp³-hybridized carbons (Fsp3) is 0.593. The molecule has 0 bridgehead atoms. The Morgan fingerprint density at radius 3 is 2.36 bits per heavy atom. The molecule has 36 heavy (non-hydrogen) atoms. The van der Waals surface area contributed by atoms with Crippen molar-refractivity contribution in [3.8, 4) is 17.1 Å². The molecule has 1 amide bonds. The maximum Gasteiger partial charge on any atom is 0.410 e. The molecular formula is C27H42ClN3O4Si. The highest BCUT2D eigenvalue weighted by Gasteiger charge is 2.40. The Hall–Kier alpha value is -2.16. The number of aryl methyl sites for hydroxylation is 1.